The molecule has 1 aromatic carbocycles. The second-order valence-electron chi connectivity index (χ2n) is 4.92. The van der Waals surface area contributed by atoms with Crippen molar-refractivity contribution < 1.29 is 19.7 Å². The van der Waals surface area contributed by atoms with Crippen molar-refractivity contribution in [2.75, 3.05) is 33.0 Å². The van der Waals surface area contributed by atoms with Crippen molar-refractivity contribution in [3.63, 3.8) is 0 Å². The molecule has 0 aromatic heterocycles. The Kier molecular flexibility index (Phi) is 5.79. The molecule has 0 amide bonds. The second kappa shape index (κ2) is 7.59. The van der Waals surface area contributed by atoms with E-state index in [4.69, 9.17) is 14.6 Å². The summed E-state index contributed by atoms with van der Waals surface area (Å²) in [5.74, 6) is 0.786. The smallest absolute Gasteiger partial charge is 0.123 e. The number of nitrogens with zero attached hydrogens (tertiary/aromatic N) is 1. The molecule has 5 nitrogen and oxygen atoms in total. The van der Waals surface area contributed by atoms with Crippen LogP contribution in [-0.4, -0.2) is 60.2 Å². The molecule has 2 N–H and O–H groups in total. The molecule has 20 heavy (non-hydrogen) atoms. The Bertz CT molecular complexity index is 413. The summed E-state index contributed by atoms with van der Waals surface area (Å²) in [4.78, 5) is 2.19. The Morgan fingerprint density at radius 1 is 1.35 bits per heavy atom. The fourth-order valence-electron chi connectivity index (χ4n) is 2.49. The Morgan fingerprint density at radius 3 is 2.80 bits per heavy atom. The molecule has 1 aliphatic rings. The summed E-state index contributed by atoms with van der Waals surface area (Å²) in [5, 5.41) is 18.8. The minimum atomic E-state index is -0.430. The van der Waals surface area contributed by atoms with Crippen LogP contribution in [0.15, 0.2) is 24.3 Å². The highest BCUT2D eigenvalue weighted by Gasteiger charge is 2.31. The number of hydrogen-bond acceptors (Lipinski definition) is 5. The summed E-state index contributed by atoms with van der Waals surface area (Å²) in [5.41, 5.74) is 1.06. The average molecular weight is 281 g/mol. The molecule has 0 aliphatic carbocycles. The number of hydrogen-bond donors (Lipinski definition) is 2. The lowest BCUT2D eigenvalue weighted by molar-refractivity contribution is 0.0800. The molecule has 1 aliphatic heterocycles. The van der Waals surface area contributed by atoms with Crippen LogP contribution in [0.3, 0.4) is 0 Å². The SMILES string of the molecule is CCN(Cc1ccccc1OCCO)[C@H]1COC[C@@H]1O. The lowest BCUT2D eigenvalue weighted by Gasteiger charge is -2.29. The molecule has 112 valence electrons. The van der Waals surface area contributed by atoms with Crippen LogP contribution in [0.25, 0.3) is 0 Å². The van der Waals surface area contributed by atoms with Crippen LogP contribution in [-0.2, 0) is 11.3 Å². The highest BCUT2D eigenvalue weighted by molar-refractivity contribution is 5.33. The quantitative estimate of drug-likeness (QED) is 0.768. The van der Waals surface area contributed by atoms with E-state index in [1.807, 2.05) is 24.3 Å². The van der Waals surface area contributed by atoms with E-state index in [-0.39, 0.29) is 19.3 Å². The minimum Gasteiger partial charge on any atom is -0.491 e. The van der Waals surface area contributed by atoms with Crippen molar-refractivity contribution in [2.45, 2.75) is 25.6 Å². The lowest BCUT2D eigenvalue weighted by atomic mass is 10.1. The molecule has 2 atom stereocenters. The van der Waals surface area contributed by atoms with Gasteiger partial charge in [0.15, 0.2) is 0 Å². The second-order valence-corrected chi connectivity index (χ2v) is 4.92. The highest BCUT2D eigenvalue weighted by atomic mass is 16.5. The van der Waals surface area contributed by atoms with Crippen LogP contribution in [0.1, 0.15) is 12.5 Å². The molecule has 0 unspecified atom stereocenters. The number of aliphatic hydroxyl groups excluding tert-OH is 2. The molecule has 0 spiro atoms. The number of aliphatic hydroxyl groups is 2. The summed E-state index contributed by atoms with van der Waals surface area (Å²) >= 11 is 0. The predicted octanol–water partition coefficient (Wildman–Crippen LogP) is 0.639. The molecular weight excluding hydrogens is 258 g/mol. The summed E-state index contributed by atoms with van der Waals surface area (Å²) < 4.78 is 10.9. The van der Waals surface area contributed by atoms with Gasteiger partial charge in [0, 0.05) is 12.1 Å². The normalized spacial score (nSPS) is 22.4. The molecule has 0 bridgehead atoms. The number of ether oxygens (including phenoxy) is 2. The first-order chi connectivity index (χ1) is 9.76. The van der Waals surface area contributed by atoms with Gasteiger partial charge in [0.2, 0.25) is 0 Å². The Hall–Kier alpha value is -1.14. The van der Waals surface area contributed by atoms with E-state index >= 15 is 0 Å². The third-order valence-corrected chi connectivity index (χ3v) is 3.59. The van der Waals surface area contributed by atoms with Gasteiger partial charge in [-0.3, -0.25) is 4.90 Å². The maximum Gasteiger partial charge on any atom is 0.123 e. The maximum absolute atomic E-state index is 9.95. The average Bonchev–Trinajstić information content (AvgIpc) is 2.89. The van der Waals surface area contributed by atoms with Gasteiger partial charge in [-0.25, -0.2) is 0 Å². The van der Waals surface area contributed by atoms with E-state index in [0.717, 1.165) is 17.9 Å². The van der Waals surface area contributed by atoms with Gasteiger partial charge in [0.05, 0.1) is 32.0 Å². The monoisotopic (exact) mass is 281 g/mol. The Balaban J connectivity index is 2.06. The lowest BCUT2D eigenvalue weighted by Crippen LogP contribution is -2.42. The largest absolute Gasteiger partial charge is 0.491 e. The van der Waals surface area contributed by atoms with Crippen molar-refractivity contribution in [3.8, 4) is 5.75 Å². The summed E-state index contributed by atoms with van der Waals surface area (Å²) in [6.45, 7) is 4.86. The number of rotatable bonds is 7. The zero-order chi connectivity index (χ0) is 14.4. The Labute approximate surface area is 119 Å². The van der Waals surface area contributed by atoms with E-state index in [1.165, 1.54) is 0 Å². The number of benzene rings is 1. The zero-order valence-electron chi connectivity index (χ0n) is 11.9. The molecule has 2 rings (SSSR count). The van der Waals surface area contributed by atoms with Gasteiger partial charge in [-0.05, 0) is 12.6 Å². The van der Waals surface area contributed by atoms with Gasteiger partial charge in [0.25, 0.3) is 0 Å². The van der Waals surface area contributed by atoms with Crippen LogP contribution < -0.4 is 4.74 Å². The zero-order valence-corrected chi connectivity index (χ0v) is 11.9. The van der Waals surface area contributed by atoms with E-state index < -0.39 is 6.10 Å². The summed E-state index contributed by atoms with van der Waals surface area (Å²) in [6, 6.07) is 7.83. The molecule has 0 radical (unpaired) electrons. The van der Waals surface area contributed by atoms with Crippen LogP contribution in [0.5, 0.6) is 5.75 Å². The Morgan fingerprint density at radius 2 is 2.15 bits per heavy atom. The van der Waals surface area contributed by atoms with Crippen molar-refractivity contribution >= 4 is 0 Å². The molecule has 0 saturated carbocycles. The van der Waals surface area contributed by atoms with Crippen LogP contribution >= 0.6 is 0 Å². The van der Waals surface area contributed by atoms with Crippen LogP contribution in [0, 0.1) is 0 Å². The van der Waals surface area contributed by atoms with Gasteiger partial charge in [-0.1, -0.05) is 25.1 Å². The van der Waals surface area contributed by atoms with Crippen LogP contribution in [0.4, 0.5) is 0 Å². The van der Waals surface area contributed by atoms with Crippen molar-refractivity contribution in [2.24, 2.45) is 0 Å². The first-order valence-corrected chi connectivity index (χ1v) is 7.07. The summed E-state index contributed by atoms with van der Waals surface area (Å²) in [7, 11) is 0. The van der Waals surface area contributed by atoms with Gasteiger partial charge in [0.1, 0.15) is 12.4 Å². The molecule has 1 saturated heterocycles. The van der Waals surface area contributed by atoms with Gasteiger partial charge < -0.3 is 19.7 Å². The van der Waals surface area contributed by atoms with E-state index in [2.05, 4.69) is 11.8 Å². The highest BCUT2D eigenvalue weighted by Crippen LogP contribution is 2.23. The first kappa shape index (κ1) is 15.3. The summed E-state index contributed by atoms with van der Waals surface area (Å²) in [6.07, 6.45) is -0.430. The maximum atomic E-state index is 9.95. The fraction of sp³-hybridized carbons (Fsp3) is 0.600. The molecule has 1 heterocycles. The molecular formula is C15H23NO4. The van der Waals surface area contributed by atoms with E-state index in [9.17, 15) is 5.11 Å². The van der Waals surface area contributed by atoms with Crippen molar-refractivity contribution in [1.29, 1.82) is 0 Å². The van der Waals surface area contributed by atoms with Gasteiger partial charge in [-0.15, -0.1) is 0 Å². The number of likely N-dealkylation sites (N-methyl/N-ethyl adjacent to an activating group) is 1. The van der Waals surface area contributed by atoms with Crippen molar-refractivity contribution in [1.82, 2.24) is 4.90 Å². The first-order valence-electron chi connectivity index (χ1n) is 7.07. The minimum absolute atomic E-state index is 0.000997. The third-order valence-electron chi connectivity index (χ3n) is 3.59. The van der Waals surface area contributed by atoms with Crippen LogP contribution in [0.2, 0.25) is 0 Å². The standard InChI is InChI=1S/C15H23NO4/c1-2-16(13-10-19-11-14(13)18)9-12-5-3-4-6-15(12)20-8-7-17/h3-6,13-14,17-18H,2,7-11H2,1H3/t13-,14-/m0/s1. The van der Waals surface area contributed by atoms with Crippen molar-refractivity contribution in [3.05, 3.63) is 29.8 Å². The predicted molar refractivity (Wildman–Crippen MR) is 75.7 cm³/mol. The van der Waals surface area contributed by atoms with E-state index in [1.54, 1.807) is 0 Å². The fourth-order valence-corrected chi connectivity index (χ4v) is 2.49. The van der Waals surface area contributed by atoms with E-state index in [0.29, 0.717) is 19.8 Å². The number of para-hydroxylation sites is 1. The van der Waals surface area contributed by atoms with Gasteiger partial charge in [-0.2, -0.15) is 0 Å². The topological polar surface area (TPSA) is 62.2 Å². The third kappa shape index (κ3) is 3.70. The van der Waals surface area contributed by atoms with Gasteiger partial charge >= 0.3 is 0 Å². The molecule has 1 fully saturated rings. The molecule has 5 heteroatoms. The molecule has 1 aromatic rings.